The van der Waals surface area contributed by atoms with Crippen molar-refractivity contribution in [3.63, 3.8) is 0 Å². The van der Waals surface area contributed by atoms with Gasteiger partial charge in [-0.2, -0.15) is 0 Å². The molecule has 2 aromatic carbocycles. The summed E-state index contributed by atoms with van der Waals surface area (Å²) in [6.45, 7) is 2.41. The topological polar surface area (TPSA) is 79.2 Å². The van der Waals surface area contributed by atoms with E-state index in [0.717, 1.165) is 16.7 Å². The molecule has 0 aromatic heterocycles. The van der Waals surface area contributed by atoms with Gasteiger partial charge >= 0.3 is 5.97 Å². The van der Waals surface area contributed by atoms with Crippen molar-refractivity contribution < 1.29 is 19.4 Å². The zero-order valence-corrected chi connectivity index (χ0v) is 15.4. The molecule has 1 aliphatic rings. The standard InChI is InChI=1S/C21H22N2O4/c1-14-5-3-4-6-18(14)15-7-9-16(10-8-15)20(24)23-12-17(22-13-27-2)11-19(23)21(25)26/h3-10,19H,11-13H2,1-2H3,(H,25,26)/b22-17+/t19-/m0/s1. The van der Waals surface area contributed by atoms with E-state index in [9.17, 15) is 14.7 Å². The lowest BCUT2D eigenvalue weighted by Crippen LogP contribution is -2.40. The molecule has 1 amide bonds. The molecule has 0 unspecified atom stereocenters. The number of likely N-dealkylation sites (tertiary alicyclic amines) is 1. The molecule has 1 heterocycles. The number of rotatable bonds is 5. The Balaban J connectivity index is 1.82. The molecule has 6 heteroatoms. The first kappa shape index (κ1) is 18.8. The number of carboxylic acids is 1. The molecular formula is C21H22N2O4. The van der Waals surface area contributed by atoms with Crippen LogP contribution in [0.2, 0.25) is 0 Å². The molecule has 1 saturated heterocycles. The molecule has 3 rings (SSSR count). The summed E-state index contributed by atoms with van der Waals surface area (Å²) in [6.07, 6.45) is 0.228. The number of carbonyl (C=O) groups excluding carboxylic acids is 1. The number of hydrogen-bond acceptors (Lipinski definition) is 4. The average Bonchev–Trinajstić information content (AvgIpc) is 3.11. The van der Waals surface area contributed by atoms with Gasteiger partial charge in [0.15, 0.2) is 0 Å². The van der Waals surface area contributed by atoms with Crippen molar-refractivity contribution in [2.24, 2.45) is 4.99 Å². The highest BCUT2D eigenvalue weighted by atomic mass is 16.5. The molecule has 27 heavy (non-hydrogen) atoms. The Morgan fingerprint density at radius 3 is 2.52 bits per heavy atom. The van der Waals surface area contributed by atoms with Crippen molar-refractivity contribution in [1.82, 2.24) is 4.90 Å². The monoisotopic (exact) mass is 366 g/mol. The largest absolute Gasteiger partial charge is 0.480 e. The summed E-state index contributed by atoms with van der Waals surface area (Å²) in [7, 11) is 1.52. The number of carbonyl (C=O) groups is 2. The van der Waals surface area contributed by atoms with Gasteiger partial charge in [0.05, 0.1) is 6.54 Å². The van der Waals surface area contributed by atoms with Crippen molar-refractivity contribution >= 4 is 17.6 Å². The van der Waals surface area contributed by atoms with Gasteiger partial charge in [-0.25, -0.2) is 4.79 Å². The van der Waals surface area contributed by atoms with E-state index >= 15 is 0 Å². The van der Waals surface area contributed by atoms with E-state index in [2.05, 4.69) is 4.99 Å². The van der Waals surface area contributed by atoms with Gasteiger partial charge < -0.3 is 14.7 Å². The second-order valence-electron chi connectivity index (χ2n) is 6.53. The van der Waals surface area contributed by atoms with Crippen molar-refractivity contribution in [3.8, 4) is 11.1 Å². The van der Waals surface area contributed by atoms with Gasteiger partial charge in [0.25, 0.3) is 5.91 Å². The van der Waals surface area contributed by atoms with Crippen LogP contribution in [0, 0.1) is 6.92 Å². The predicted octanol–water partition coefficient (Wildman–Crippen LogP) is 3.01. The molecule has 0 radical (unpaired) electrons. The summed E-state index contributed by atoms with van der Waals surface area (Å²) in [6, 6.07) is 14.4. The Morgan fingerprint density at radius 2 is 1.89 bits per heavy atom. The van der Waals surface area contributed by atoms with Crippen molar-refractivity contribution in [3.05, 3.63) is 59.7 Å². The second-order valence-corrected chi connectivity index (χ2v) is 6.53. The van der Waals surface area contributed by atoms with Gasteiger partial charge in [-0.1, -0.05) is 36.4 Å². The number of hydrogen-bond donors (Lipinski definition) is 1. The summed E-state index contributed by atoms with van der Waals surface area (Å²) < 4.78 is 4.91. The van der Waals surface area contributed by atoms with E-state index in [4.69, 9.17) is 4.74 Å². The minimum Gasteiger partial charge on any atom is -0.480 e. The van der Waals surface area contributed by atoms with E-state index in [1.54, 1.807) is 12.1 Å². The lowest BCUT2D eigenvalue weighted by Gasteiger charge is -2.21. The summed E-state index contributed by atoms with van der Waals surface area (Å²) >= 11 is 0. The van der Waals surface area contributed by atoms with Crippen LogP contribution in [0.15, 0.2) is 53.5 Å². The fraction of sp³-hybridized carbons (Fsp3) is 0.286. The van der Waals surface area contributed by atoms with Gasteiger partial charge in [-0.15, -0.1) is 0 Å². The Labute approximate surface area is 158 Å². The first-order valence-corrected chi connectivity index (χ1v) is 8.72. The van der Waals surface area contributed by atoms with Gasteiger partial charge in [-0.3, -0.25) is 9.79 Å². The smallest absolute Gasteiger partial charge is 0.326 e. The van der Waals surface area contributed by atoms with Crippen LogP contribution in [0.3, 0.4) is 0 Å². The maximum atomic E-state index is 12.9. The van der Waals surface area contributed by atoms with Crippen molar-refractivity contribution in [2.75, 3.05) is 20.4 Å². The minimum atomic E-state index is -1.03. The SMILES string of the molecule is COC/N=C1\C[C@@H](C(=O)O)N(C(=O)c2ccc(-c3ccccc3C)cc2)C1. The summed E-state index contributed by atoms with van der Waals surface area (Å²) in [5, 5.41) is 9.47. The van der Waals surface area contributed by atoms with Crippen LogP contribution in [0.25, 0.3) is 11.1 Å². The number of methoxy groups -OCH3 is 1. The summed E-state index contributed by atoms with van der Waals surface area (Å²) in [5.74, 6) is -1.33. The Bertz CT molecular complexity index is 874. The van der Waals surface area contributed by atoms with Crippen LogP contribution in [0.4, 0.5) is 0 Å². The van der Waals surface area contributed by atoms with Crippen LogP contribution >= 0.6 is 0 Å². The third-order valence-electron chi connectivity index (χ3n) is 4.71. The molecule has 0 bridgehead atoms. The number of nitrogens with zero attached hydrogens (tertiary/aromatic N) is 2. The molecule has 1 fully saturated rings. The molecule has 6 nitrogen and oxygen atoms in total. The average molecular weight is 366 g/mol. The predicted molar refractivity (Wildman–Crippen MR) is 103 cm³/mol. The van der Waals surface area contributed by atoms with Crippen LogP contribution in [0.1, 0.15) is 22.3 Å². The van der Waals surface area contributed by atoms with Gasteiger partial charge in [0, 0.05) is 24.8 Å². The van der Waals surface area contributed by atoms with Crippen molar-refractivity contribution in [2.45, 2.75) is 19.4 Å². The van der Waals surface area contributed by atoms with Gasteiger partial charge in [-0.05, 0) is 35.7 Å². The number of carboxylic acid groups (broad SMARTS) is 1. The number of ether oxygens (including phenoxy) is 1. The fourth-order valence-corrected chi connectivity index (χ4v) is 3.26. The third kappa shape index (κ3) is 4.06. The molecule has 1 N–H and O–H groups in total. The van der Waals surface area contributed by atoms with Crippen LogP contribution < -0.4 is 0 Å². The second kappa shape index (κ2) is 8.14. The minimum absolute atomic E-state index is 0.162. The highest BCUT2D eigenvalue weighted by Gasteiger charge is 2.37. The fourth-order valence-electron chi connectivity index (χ4n) is 3.26. The maximum absolute atomic E-state index is 12.9. The summed E-state index contributed by atoms with van der Waals surface area (Å²) in [4.78, 5) is 30.0. The molecule has 0 spiro atoms. The Hall–Kier alpha value is -2.99. The lowest BCUT2D eigenvalue weighted by atomic mass is 9.99. The number of amides is 1. The molecule has 1 aliphatic heterocycles. The number of aliphatic carboxylic acids is 1. The lowest BCUT2D eigenvalue weighted by molar-refractivity contribution is -0.141. The quantitative estimate of drug-likeness (QED) is 0.882. The van der Waals surface area contributed by atoms with Crippen LogP contribution in [0.5, 0.6) is 0 Å². The van der Waals surface area contributed by atoms with Gasteiger partial charge in [0.1, 0.15) is 12.8 Å². The van der Waals surface area contributed by atoms with Crippen LogP contribution in [-0.4, -0.2) is 54.0 Å². The zero-order valence-electron chi connectivity index (χ0n) is 15.4. The van der Waals surface area contributed by atoms with Crippen LogP contribution in [-0.2, 0) is 9.53 Å². The molecule has 1 atom stereocenters. The first-order chi connectivity index (χ1) is 13.0. The molecule has 0 aliphatic carbocycles. The Kier molecular flexibility index (Phi) is 5.66. The molecule has 2 aromatic rings. The maximum Gasteiger partial charge on any atom is 0.326 e. The molecular weight excluding hydrogens is 344 g/mol. The van der Waals surface area contributed by atoms with Crippen molar-refractivity contribution in [1.29, 1.82) is 0 Å². The van der Waals surface area contributed by atoms with E-state index in [1.165, 1.54) is 12.0 Å². The highest BCUT2D eigenvalue weighted by Crippen LogP contribution is 2.25. The third-order valence-corrected chi connectivity index (χ3v) is 4.71. The number of aryl methyl sites for hydroxylation is 1. The normalized spacial score (nSPS) is 18.1. The highest BCUT2D eigenvalue weighted by molar-refractivity contribution is 6.04. The Morgan fingerprint density at radius 1 is 1.19 bits per heavy atom. The van der Waals surface area contributed by atoms with E-state index in [1.807, 2.05) is 43.3 Å². The molecule has 140 valence electrons. The van der Waals surface area contributed by atoms with E-state index in [0.29, 0.717) is 11.3 Å². The number of benzene rings is 2. The molecule has 0 saturated carbocycles. The summed E-state index contributed by atoms with van der Waals surface area (Å²) in [5.41, 5.74) is 4.40. The van der Waals surface area contributed by atoms with Gasteiger partial charge in [0.2, 0.25) is 0 Å². The first-order valence-electron chi connectivity index (χ1n) is 8.72. The zero-order chi connectivity index (χ0) is 19.4. The van der Waals surface area contributed by atoms with E-state index < -0.39 is 12.0 Å². The van der Waals surface area contributed by atoms with E-state index in [-0.39, 0.29) is 25.6 Å². The number of aliphatic imine (C=N–C) groups is 1.